The number of fused-ring (bicyclic) bond motifs is 2. The van der Waals surface area contributed by atoms with Gasteiger partial charge in [0.25, 0.3) is 0 Å². The molecule has 1 N–H and O–H groups in total. The van der Waals surface area contributed by atoms with Crippen molar-refractivity contribution in [2.24, 2.45) is 5.92 Å². The Morgan fingerprint density at radius 1 is 1.33 bits per heavy atom. The largest absolute Gasteiger partial charge is 0.381 e. The van der Waals surface area contributed by atoms with Gasteiger partial charge in [-0.3, -0.25) is 0 Å². The summed E-state index contributed by atoms with van der Waals surface area (Å²) in [6.07, 6.45) is 4.25. The molecule has 3 aliphatic heterocycles. The molecule has 1 aromatic carbocycles. The van der Waals surface area contributed by atoms with Crippen LogP contribution in [0.2, 0.25) is 0 Å². The summed E-state index contributed by atoms with van der Waals surface area (Å²) in [5, 5.41) is 3.12. The Hall–Kier alpha value is -1.75. The van der Waals surface area contributed by atoms with E-state index in [-0.39, 0.29) is 17.5 Å². The fourth-order valence-corrected chi connectivity index (χ4v) is 4.90. The summed E-state index contributed by atoms with van der Waals surface area (Å²) in [5.41, 5.74) is 3.09. The van der Waals surface area contributed by atoms with Gasteiger partial charge in [-0.05, 0) is 44.2 Å². The Bertz CT molecular complexity index is 663. The molecule has 3 aliphatic rings. The zero-order valence-corrected chi connectivity index (χ0v) is 16.7. The number of rotatable bonds is 4. The summed E-state index contributed by atoms with van der Waals surface area (Å²) in [6, 6.07) is 9.27. The maximum Gasteiger partial charge on any atom is 0.317 e. The van der Waals surface area contributed by atoms with Gasteiger partial charge in [-0.2, -0.15) is 0 Å². The molecule has 5 heteroatoms. The highest BCUT2D eigenvalue weighted by atomic mass is 16.5. The molecule has 0 radical (unpaired) electrons. The molecule has 0 bridgehead atoms. The number of urea groups is 1. The molecule has 4 rings (SSSR count). The van der Waals surface area contributed by atoms with Gasteiger partial charge in [0, 0.05) is 55.8 Å². The number of piperidine rings is 1. The molecule has 2 atom stereocenters. The minimum atomic E-state index is 0.102. The van der Waals surface area contributed by atoms with E-state index in [0.29, 0.717) is 5.92 Å². The number of hydrogen-bond donors (Lipinski definition) is 1. The third-order valence-electron chi connectivity index (χ3n) is 6.80. The Kier molecular flexibility index (Phi) is 5.31. The monoisotopic (exact) mass is 371 g/mol. The molecule has 0 aromatic heterocycles. The lowest BCUT2D eigenvalue weighted by molar-refractivity contribution is 0.158. The third-order valence-corrected chi connectivity index (χ3v) is 6.80. The van der Waals surface area contributed by atoms with Gasteiger partial charge in [0.1, 0.15) is 0 Å². The topological polar surface area (TPSA) is 44.8 Å². The van der Waals surface area contributed by atoms with Gasteiger partial charge < -0.3 is 19.9 Å². The van der Waals surface area contributed by atoms with Crippen LogP contribution >= 0.6 is 0 Å². The average Bonchev–Trinajstić information content (AvgIpc) is 3.30. The van der Waals surface area contributed by atoms with Crippen LogP contribution in [-0.4, -0.2) is 56.4 Å². The quantitative estimate of drug-likeness (QED) is 0.882. The van der Waals surface area contributed by atoms with Crippen LogP contribution in [0.1, 0.15) is 45.1 Å². The van der Waals surface area contributed by atoms with E-state index in [1.807, 2.05) is 4.90 Å². The third kappa shape index (κ3) is 3.66. The van der Waals surface area contributed by atoms with Crippen molar-refractivity contribution in [3.63, 3.8) is 0 Å². The molecule has 2 saturated heterocycles. The van der Waals surface area contributed by atoms with Gasteiger partial charge in [0.2, 0.25) is 0 Å². The highest BCUT2D eigenvalue weighted by Crippen LogP contribution is 2.47. The SMILES string of the molecule is CC[C@H](C)NC(=O)N1CCC2(CC1)CN(C[C@@H]1CCOC1)c1ccccc12. The van der Waals surface area contributed by atoms with Crippen LogP contribution in [0, 0.1) is 5.92 Å². The highest BCUT2D eigenvalue weighted by molar-refractivity contribution is 5.75. The maximum absolute atomic E-state index is 12.5. The van der Waals surface area contributed by atoms with E-state index in [1.54, 1.807) is 0 Å². The van der Waals surface area contributed by atoms with Crippen LogP contribution in [0.4, 0.5) is 10.5 Å². The number of para-hydroxylation sites is 1. The van der Waals surface area contributed by atoms with Gasteiger partial charge in [-0.25, -0.2) is 4.79 Å². The Labute approximate surface area is 163 Å². The lowest BCUT2D eigenvalue weighted by Gasteiger charge is -2.40. The number of likely N-dealkylation sites (tertiary alicyclic amines) is 1. The van der Waals surface area contributed by atoms with E-state index < -0.39 is 0 Å². The predicted octanol–water partition coefficient (Wildman–Crippen LogP) is 3.38. The number of nitrogens with one attached hydrogen (secondary N) is 1. The molecule has 5 nitrogen and oxygen atoms in total. The first kappa shape index (κ1) is 18.6. The summed E-state index contributed by atoms with van der Waals surface area (Å²) in [6.45, 7) is 9.85. The molecule has 148 valence electrons. The highest BCUT2D eigenvalue weighted by Gasteiger charge is 2.45. The van der Waals surface area contributed by atoms with Crippen molar-refractivity contribution >= 4 is 11.7 Å². The van der Waals surface area contributed by atoms with Crippen LogP contribution in [-0.2, 0) is 10.2 Å². The molecule has 2 amide bonds. The normalized spacial score (nSPS) is 24.9. The number of ether oxygens (including phenoxy) is 1. The van der Waals surface area contributed by atoms with Crippen LogP contribution in [0.25, 0.3) is 0 Å². The summed E-state index contributed by atoms with van der Waals surface area (Å²) in [4.78, 5) is 17.1. The molecule has 0 unspecified atom stereocenters. The first-order chi connectivity index (χ1) is 13.1. The predicted molar refractivity (Wildman–Crippen MR) is 108 cm³/mol. The van der Waals surface area contributed by atoms with Crippen molar-refractivity contribution < 1.29 is 9.53 Å². The van der Waals surface area contributed by atoms with Crippen LogP contribution in [0.5, 0.6) is 0 Å². The standard InChI is InChI=1S/C22H33N3O2/c1-3-17(2)23-21(26)24-11-9-22(10-12-24)16-25(14-18-8-13-27-15-18)20-7-5-4-6-19(20)22/h4-7,17-18H,3,8-16H2,1-2H3,(H,23,26)/t17-,18-/m0/s1. The molecule has 27 heavy (non-hydrogen) atoms. The zero-order chi connectivity index (χ0) is 18.9. The molecule has 1 spiro atoms. The molecule has 1 aromatic rings. The van der Waals surface area contributed by atoms with Gasteiger partial charge in [-0.1, -0.05) is 25.1 Å². The Balaban J connectivity index is 1.45. The zero-order valence-electron chi connectivity index (χ0n) is 16.7. The fraction of sp³-hybridized carbons (Fsp3) is 0.682. The van der Waals surface area contributed by atoms with Crippen LogP contribution in [0.15, 0.2) is 24.3 Å². The lowest BCUT2D eigenvalue weighted by Crippen LogP contribution is -2.51. The van der Waals surface area contributed by atoms with E-state index in [1.165, 1.54) is 17.7 Å². The minimum absolute atomic E-state index is 0.102. The van der Waals surface area contributed by atoms with Gasteiger partial charge in [0.05, 0.1) is 6.61 Å². The summed E-state index contributed by atoms with van der Waals surface area (Å²) in [5.74, 6) is 0.648. The average molecular weight is 372 g/mol. The molecule has 3 heterocycles. The van der Waals surface area contributed by atoms with Crippen molar-refractivity contribution in [1.29, 1.82) is 0 Å². The second-order valence-corrected chi connectivity index (χ2v) is 8.65. The van der Waals surface area contributed by atoms with E-state index in [2.05, 4.69) is 48.3 Å². The van der Waals surface area contributed by atoms with Gasteiger partial charge >= 0.3 is 6.03 Å². The Morgan fingerprint density at radius 2 is 2.11 bits per heavy atom. The second-order valence-electron chi connectivity index (χ2n) is 8.65. The van der Waals surface area contributed by atoms with Gasteiger partial charge in [-0.15, -0.1) is 0 Å². The van der Waals surface area contributed by atoms with Gasteiger partial charge in [0.15, 0.2) is 0 Å². The second kappa shape index (κ2) is 7.70. The minimum Gasteiger partial charge on any atom is -0.381 e. The van der Waals surface area contributed by atoms with Crippen LogP contribution in [0.3, 0.4) is 0 Å². The molecular formula is C22H33N3O2. The molecule has 2 fully saturated rings. The van der Waals surface area contributed by atoms with E-state index in [9.17, 15) is 4.79 Å². The maximum atomic E-state index is 12.5. The van der Waals surface area contributed by atoms with Crippen molar-refractivity contribution in [3.8, 4) is 0 Å². The molecule has 0 saturated carbocycles. The number of nitrogens with zero attached hydrogens (tertiary/aromatic N) is 2. The summed E-state index contributed by atoms with van der Waals surface area (Å²) >= 11 is 0. The summed E-state index contributed by atoms with van der Waals surface area (Å²) in [7, 11) is 0. The lowest BCUT2D eigenvalue weighted by atomic mass is 9.74. The van der Waals surface area contributed by atoms with E-state index in [0.717, 1.165) is 58.7 Å². The molecule has 0 aliphatic carbocycles. The Morgan fingerprint density at radius 3 is 2.81 bits per heavy atom. The van der Waals surface area contributed by atoms with Crippen molar-refractivity contribution in [1.82, 2.24) is 10.2 Å². The molecular weight excluding hydrogens is 338 g/mol. The fourth-order valence-electron chi connectivity index (χ4n) is 4.90. The number of hydrogen-bond acceptors (Lipinski definition) is 3. The van der Waals surface area contributed by atoms with E-state index >= 15 is 0 Å². The number of carbonyl (C=O) groups is 1. The number of anilines is 1. The first-order valence-electron chi connectivity index (χ1n) is 10.6. The number of amides is 2. The number of benzene rings is 1. The van der Waals surface area contributed by atoms with Crippen molar-refractivity contribution in [2.45, 2.75) is 51.0 Å². The van der Waals surface area contributed by atoms with Crippen molar-refractivity contribution in [3.05, 3.63) is 29.8 Å². The summed E-state index contributed by atoms with van der Waals surface area (Å²) < 4.78 is 5.60. The smallest absolute Gasteiger partial charge is 0.317 e. The van der Waals surface area contributed by atoms with Crippen LogP contribution < -0.4 is 10.2 Å². The first-order valence-corrected chi connectivity index (χ1v) is 10.6. The number of carbonyl (C=O) groups excluding carboxylic acids is 1. The van der Waals surface area contributed by atoms with Crippen molar-refractivity contribution in [2.75, 3.05) is 44.3 Å². The van der Waals surface area contributed by atoms with E-state index in [4.69, 9.17) is 4.74 Å².